The van der Waals surface area contributed by atoms with Crippen LogP contribution in [-0.4, -0.2) is 46.7 Å². The summed E-state index contributed by atoms with van der Waals surface area (Å²) in [4.78, 5) is 13.7. The van der Waals surface area contributed by atoms with Crippen LogP contribution in [0.5, 0.6) is 5.75 Å². The summed E-state index contributed by atoms with van der Waals surface area (Å²) in [6.07, 6.45) is 0.794. The lowest BCUT2D eigenvalue weighted by molar-refractivity contribution is 0.0698. The molecule has 0 saturated carbocycles. The summed E-state index contributed by atoms with van der Waals surface area (Å²) >= 11 is 0. The van der Waals surface area contributed by atoms with Crippen molar-refractivity contribution < 1.29 is 19.2 Å². The first-order valence-electron chi connectivity index (χ1n) is 9.00. The van der Waals surface area contributed by atoms with Crippen LogP contribution in [0.4, 0.5) is 5.82 Å². The monoisotopic (exact) mass is 384 g/mol. The molecule has 0 bridgehead atoms. The maximum absolute atomic E-state index is 11.9. The second kappa shape index (κ2) is 8.16. The van der Waals surface area contributed by atoms with E-state index in [4.69, 9.17) is 9.26 Å². The molecule has 148 valence electrons. The van der Waals surface area contributed by atoms with Crippen LogP contribution in [0.25, 0.3) is 11.3 Å². The average Bonchev–Trinajstić information content (AvgIpc) is 3.25. The molecule has 8 heteroatoms. The number of aromatic nitrogens is 3. The van der Waals surface area contributed by atoms with Crippen LogP contribution in [0.2, 0.25) is 0 Å². The molecule has 3 aromatic rings. The highest BCUT2D eigenvalue weighted by molar-refractivity contribution is 5.99. The number of methoxy groups -OCH3 is 1. The molecule has 2 heterocycles. The Bertz CT molecular complexity index is 959. The molecule has 1 N–H and O–H groups in total. The summed E-state index contributed by atoms with van der Waals surface area (Å²) in [6, 6.07) is 9.03. The summed E-state index contributed by atoms with van der Waals surface area (Å²) in [5, 5.41) is 18.2. The quantitative estimate of drug-likeness (QED) is 0.636. The van der Waals surface area contributed by atoms with Gasteiger partial charge in [-0.15, -0.1) is 0 Å². The Kier molecular flexibility index (Phi) is 5.67. The Morgan fingerprint density at radius 1 is 1.29 bits per heavy atom. The van der Waals surface area contributed by atoms with E-state index >= 15 is 0 Å². The van der Waals surface area contributed by atoms with E-state index in [1.165, 1.54) is 0 Å². The molecule has 8 nitrogen and oxygen atoms in total. The van der Waals surface area contributed by atoms with Crippen molar-refractivity contribution in [1.29, 1.82) is 0 Å². The first-order chi connectivity index (χ1) is 13.4. The molecular formula is C20H24N4O4. The minimum absolute atomic E-state index is 0.0544. The Hall–Kier alpha value is -3.29. The predicted octanol–water partition coefficient (Wildman–Crippen LogP) is 3.39. The fourth-order valence-corrected chi connectivity index (χ4v) is 3.14. The Balaban J connectivity index is 1.76. The van der Waals surface area contributed by atoms with E-state index in [0.717, 1.165) is 24.4 Å². The molecule has 1 aromatic carbocycles. The molecule has 0 spiro atoms. The van der Waals surface area contributed by atoms with Crippen LogP contribution in [0.15, 0.2) is 34.9 Å². The van der Waals surface area contributed by atoms with Crippen LogP contribution >= 0.6 is 0 Å². The molecule has 3 rings (SSSR count). The first kappa shape index (κ1) is 19.5. The maximum atomic E-state index is 11.9. The SMILES string of the molecule is COc1ccc(-c2onc(N(C)CCCn3nc(C)cc3C)c2C(=O)O)cc1. The van der Waals surface area contributed by atoms with E-state index in [9.17, 15) is 9.90 Å². The summed E-state index contributed by atoms with van der Waals surface area (Å²) in [5.74, 6) is 0.149. The number of carboxylic acids is 1. The van der Waals surface area contributed by atoms with Crippen LogP contribution in [0.1, 0.15) is 28.2 Å². The van der Waals surface area contributed by atoms with Crippen molar-refractivity contribution >= 4 is 11.8 Å². The van der Waals surface area contributed by atoms with Gasteiger partial charge in [-0.3, -0.25) is 4.68 Å². The fourth-order valence-electron chi connectivity index (χ4n) is 3.14. The number of hydrogen-bond acceptors (Lipinski definition) is 6. The van der Waals surface area contributed by atoms with Gasteiger partial charge in [0.05, 0.1) is 12.8 Å². The Morgan fingerprint density at radius 3 is 2.57 bits per heavy atom. The van der Waals surface area contributed by atoms with Crippen molar-refractivity contribution in [3.8, 4) is 17.1 Å². The number of anilines is 1. The number of aromatic carboxylic acids is 1. The summed E-state index contributed by atoms with van der Waals surface area (Å²) < 4.78 is 12.5. The zero-order valence-electron chi connectivity index (χ0n) is 16.5. The van der Waals surface area contributed by atoms with Crippen molar-refractivity contribution in [2.75, 3.05) is 25.6 Å². The highest BCUT2D eigenvalue weighted by atomic mass is 16.5. The van der Waals surface area contributed by atoms with Gasteiger partial charge >= 0.3 is 5.97 Å². The van der Waals surface area contributed by atoms with Crippen LogP contribution in [0.3, 0.4) is 0 Å². The topological polar surface area (TPSA) is 93.6 Å². The number of hydrogen-bond donors (Lipinski definition) is 1. The minimum Gasteiger partial charge on any atom is -0.497 e. The lowest BCUT2D eigenvalue weighted by Crippen LogP contribution is -2.22. The molecule has 0 fully saturated rings. The van der Waals surface area contributed by atoms with Gasteiger partial charge in [-0.05, 0) is 50.6 Å². The van der Waals surface area contributed by atoms with Crippen molar-refractivity contribution in [3.05, 3.63) is 47.3 Å². The third kappa shape index (κ3) is 4.00. The second-order valence-corrected chi connectivity index (χ2v) is 6.67. The lowest BCUT2D eigenvalue weighted by Gasteiger charge is -2.16. The maximum Gasteiger partial charge on any atom is 0.343 e. The van der Waals surface area contributed by atoms with Crippen LogP contribution in [0, 0.1) is 13.8 Å². The van der Waals surface area contributed by atoms with E-state index in [-0.39, 0.29) is 11.3 Å². The fraction of sp³-hybridized carbons (Fsp3) is 0.350. The third-order valence-electron chi connectivity index (χ3n) is 4.57. The van der Waals surface area contributed by atoms with Gasteiger partial charge in [0.25, 0.3) is 0 Å². The van der Waals surface area contributed by atoms with Gasteiger partial charge in [0.2, 0.25) is 0 Å². The zero-order valence-corrected chi connectivity index (χ0v) is 16.5. The van der Waals surface area contributed by atoms with Gasteiger partial charge in [-0.25, -0.2) is 4.79 Å². The normalized spacial score (nSPS) is 10.9. The molecular weight excluding hydrogens is 360 g/mol. The second-order valence-electron chi connectivity index (χ2n) is 6.67. The van der Waals surface area contributed by atoms with Gasteiger partial charge in [-0.2, -0.15) is 5.10 Å². The number of nitrogens with zero attached hydrogens (tertiary/aromatic N) is 4. The Labute approximate surface area is 163 Å². The predicted molar refractivity (Wildman–Crippen MR) is 105 cm³/mol. The molecule has 0 unspecified atom stereocenters. The van der Waals surface area contributed by atoms with Gasteiger partial charge in [0.1, 0.15) is 5.75 Å². The number of benzene rings is 1. The molecule has 0 saturated heterocycles. The smallest absolute Gasteiger partial charge is 0.343 e. The van der Waals surface area contributed by atoms with E-state index in [1.54, 1.807) is 36.3 Å². The van der Waals surface area contributed by atoms with E-state index in [1.807, 2.05) is 31.6 Å². The van der Waals surface area contributed by atoms with Crippen LogP contribution in [-0.2, 0) is 6.54 Å². The van der Waals surface area contributed by atoms with Crippen molar-refractivity contribution in [2.45, 2.75) is 26.8 Å². The number of carbonyl (C=O) groups is 1. The number of aryl methyl sites for hydroxylation is 3. The van der Waals surface area contributed by atoms with Crippen molar-refractivity contribution in [1.82, 2.24) is 14.9 Å². The molecule has 0 aliphatic rings. The molecule has 0 atom stereocenters. The van der Waals surface area contributed by atoms with Gasteiger partial charge in [-0.1, -0.05) is 5.16 Å². The highest BCUT2D eigenvalue weighted by Gasteiger charge is 2.26. The number of rotatable bonds is 8. The van der Waals surface area contributed by atoms with Gasteiger partial charge < -0.3 is 19.3 Å². The van der Waals surface area contributed by atoms with Crippen molar-refractivity contribution in [2.24, 2.45) is 0 Å². The zero-order chi connectivity index (χ0) is 20.3. The van der Waals surface area contributed by atoms with E-state index in [0.29, 0.717) is 23.7 Å². The summed E-state index contributed by atoms with van der Waals surface area (Å²) in [5.41, 5.74) is 2.78. The van der Waals surface area contributed by atoms with E-state index in [2.05, 4.69) is 10.3 Å². The minimum atomic E-state index is -1.08. The van der Waals surface area contributed by atoms with Gasteiger partial charge in [0.15, 0.2) is 17.1 Å². The summed E-state index contributed by atoms with van der Waals surface area (Å²) in [7, 11) is 3.38. The van der Waals surface area contributed by atoms with Crippen molar-refractivity contribution in [3.63, 3.8) is 0 Å². The molecule has 0 amide bonds. The number of ether oxygens (including phenoxy) is 1. The standard InChI is InChI=1S/C20H24N4O4/c1-13-12-14(2)24(21-13)11-5-10-23(3)19-17(20(25)26)18(28-22-19)15-6-8-16(27-4)9-7-15/h6-9,12H,5,10-11H2,1-4H3,(H,25,26). The first-order valence-corrected chi connectivity index (χ1v) is 9.00. The molecule has 0 aliphatic carbocycles. The summed E-state index contributed by atoms with van der Waals surface area (Å²) in [6.45, 7) is 5.35. The largest absolute Gasteiger partial charge is 0.497 e. The van der Waals surface area contributed by atoms with Crippen LogP contribution < -0.4 is 9.64 Å². The Morgan fingerprint density at radius 2 is 2.00 bits per heavy atom. The lowest BCUT2D eigenvalue weighted by atomic mass is 10.1. The molecule has 0 aliphatic heterocycles. The highest BCUT2D eigenvalue weighted by Crippen LogP contribution is 2.32. The number of carboxylic acid groups (broad SMARTS) is 1. The molecule has 0 radical (unpaired) electrons. The average molecular weight is 384 g/mol. The molecule has 2 aromatic heterocycles. The van der Waals surface area contributed by atoms with Gasteiger partial charge in [0, 0.05) is 31.4 Å². The molecule has 28 heavy (non-hydrogen) atoms. The van der Waals surface area contributed by atoms with E-state index < -0.39 is 5.97 Å². The third-order valence-corrected chi connectivity index (χ3v) is 4.57.